The summed E-state index contributed by atoms with van der Waals surface area (Å²) in [7, 11) is 1.79. The van der Waals surface area contributed by atoms with Crippen molar-refractivity contribution in [3.8, 4) is 6.07 Å². The number of nitrogens with zero attached hydrogens (tertiary/aromatic N) is 3. The van der Waals surface area contributed by atoms with Crippen molar-refractivity contribution in [2.75, 3.05) is 0 Å². The molecule has 0 aliphatic rings. The molecule has 1 heterocycles. The minimum atomic E-state index is -0.829. The fourth-order valence-electron chi connectivity index (χ4n) is 2.46. The lowest BCUT2D eigenvalue weighted by Crippen LogP contribution is -2.12. The van der Waals surface area contributed by atoms with Crippen LogP contribution in [0.25, 0.3) is 10.9 Å². The van der Waals surface area contributed by atoms with E-state index in [2.05, 4.69) is 11.2 Å². The summed E-state index contributed by atoms with van der Waals surface area (Å²) in [6.07, 6.45) is 0. The summed E-state index contributed by atoms with van der Waals surface area (Å²) >= 11 is 0. The highest BCUT2D eigenvalue weighted by Crippen LogP contribution is 2.24. The molecular weight excluding hydrogens is 262 g/mol. The van der Waals surface area contributed by atoms with Crippen molar-refractivity contribution in [1.29, 1.82) is 5.26 Å². The molecule has 0 bridgehead atoms. The van der Waals surface area contributed by atoms with Gasteiger partial charge in [-0.2, -0.15) is 10.4 Å². The zero-order valence-corrected chi connectivity index (χ0v) is 11.5. The van der Waals surface area contributed by atoms with Gasteiger partial charge in [-0.1, -0.05) is 48.5 Å². The second-order valence-electron chi connectivity index (χ2n) is 4.83. The fraction of sp³-hybridized carbons (Fsp3) is 0.118. The van der Waals surface area contributed by atoms with Crippen molar-refractivity contribution >= 4 is 16.7 Å². The van der Waals surface area contributed by atoms with Gasteiger partial charge in [0.1, 0.15) is 11.6 Å². The highest BCUT2D eigenvalue weighted by molar-refractivity contribution is 6.10. The van der Waals surface area contributed by atoms with Crippen LogP contribution >= 0.6 is 0 Å². The van der Waals surface area contributed by atoms with E-state index in [9.17, 15) is 10.1 Å². The number of aryl methyl sites for hydroxylation is 1. The van der Waals surface area contributed by atoms with Crippen molar-refractivity contribution in [2.45, 2.75) is 5.92 Å². The Balaban J connectivity index is 2.10. The quantitative estimate of drug-likeness (QED) is 0.690. The molecule has 0 saturated heterocycles. The second-order valence-corrected chi connectivity index (χ2v) is 4.83. The highest BCUT2D eigenvalue weighted by Gasteiger charge is 2.26. The number of carbonyl (C=O) groups is 1. The predicted molar refractivity (Wildman–Crippen MR) is 79.8 cm³/mol. The second kappa shape index (κ2) is 5.22. The maximum atomic E-state index is 12.7. The molecule has 0 saturated carbocycles. The molecule has 1 unspecified atom stereocenters. The van der Waals surface area contributed by atoms with Gasteiger partial charge in [0.2, 0.25) is 5.78 Å². The largest absolute Gasteiger partial charge is 0.290 e. The third-order valence-corrected chi connectivity index (χ3v) is 3.52. The molecule has 3 rings (SSSR count). The summed E-state index contributed by atoms with van der Waals surface area (Å²) in [6.45, 7) is 0. The van der Waals surface area contributed by atoms with Crippen molar-refractivity contribution in [2.24, 2.45) is 7.05 Å². The van der Waals surface area contributed by atoms with Crippen LogP contribution in [0, 0.1) is 11.3 Å². The predicted octanol–water partition coefficient (Wildman–Crippen LogP) is 3.06. The van der Waals surface area contributed by atoms with Gasteiger partial charge >= 0.3 is 0 Å². The molecule has 0 amide bonds. The first-order valence-corrected chi connectivity index (χ1v) is 6.63. The monoisotopic (exact) mass is 275 g/mol. The Labute approximate surface area is 122 Å². The van der Waals surface area contributed by atoms with Crippen LogP contribution in [-0.4, -0.2) is 15.6 Å². The standard InChI is InChI=1S/C17H13N3O/c1-20-15-10-6-5-9-13(15)16(19-20)17(21)14(11-18)12-7-3-2-4-8-12/h2-10,14H,1H3. The molecule has 0 radical (unpaired) electrons. The maximum Gasteiger partial charge on any atom is 0.205 e. The van der Waals surface area contributed by atoms with E-state index >= 15 is 0 Å². The molecule has 102 valence electrons. The fourth-order valence-corrected chi connectivity index (χ4v) is 2.46. The van der Waals surface area contributed by atoms with Crippen LogP contribution < -0.4 is 0 Å². The van der Waals surface area contributed by atoms with E-state index in [1.54, 1.807) is 23.9 Å². The van der Waals surface area contributed by atoms with Crippen LogP contribution in [0.15, 0.2) is 54.6 Å². The maximum absolute atomic E-state index is 12.7. The third-order valence-electron chi connectivity index (χ3n) is 3.52. The van der Waals surface area contributed by atoms with Gasteiger partial charge in [0.25, 0.3) is 0 Å². The first kappa shape index (κ1) is 13.1. The molecule has 4 heteroatoms. The number of para-hydroxylation sites is 1. The molecule has 1 aromatic heterocycles. The number of Topliss-reactive ketones (excluding diaryl/α,β-unsaturated/α-hetero) is 1. The van der Waals surface area contributed by atoms with Crippen LogP contribution in [0.5, 0.6) is 0 Å². The number of fused-ring (bicyclic) bond motifs is 1. The summed E-state index contributed by atoms with van der Waals surface area (Å²) in [5.74, 6) is -1.09. The molecule has 0 spiro atoms. The Kier molecular flexibility index (Phi) is 3.25. The van der Waals surface area contributed by atoms with Crippen molar-refractivity contribution in [1.82, 2.24) is 9.78 Å². The van der Waals surface area contributed by atoms with Gasteiger partial charge < -0.3 is 0 Å². The summed E-state index contributed by atoms with van der Waals surface area (Å²) in [5.41, 5.74) is 1.92. The summed E-state index contributed by atoms with van der Waals surface area (Å²) < 4.78 is 1.67. The molecule has 0 aliphatic carbocycles. The number of nitriles is 1. The number of carbonyl (C=O) groups excluding carboxylic acids is 1. The third kappa shape index (κ3) is 2.19. The lowest BCUT2D eigenvalue weighted by molar-refractivity contribution is 0.0975. The van der Waals surface area contributed by atoms with Gasteiger partial charge in [-0.25, -0.2) is 0 Å². The van der Waals surface area contributed by atoms with Crippen molar-refractivity contribution < 1.29 is 4.79 Å². The average Bonchev–Trinajstić information content (AvgIpc) is 2.87. The van der Waals surface area contributed by atoms with Crippen LogP contribution in [0.4, 0.5) is 0 Å². The molecule has 21 heavy (non-hydrogen) atoms. The lowest BCUT2D eigenvalue weighted by Gasteiger charge is -2.06. The molecule has 4 nitrogen and oxygen atoms in total. The van der Waals surface area contributed by atoms with Crippen molar-refractivity contribution in [3.05, 3.63) is 65.9 Å². The smallest absolute Gasteiger partial charge is 0.205 e. The normalized spacial score (nSPS) is 12.0. The number of rotatable bonds is 3. The molecular formula is C17H13N3O. The van der Waals surface area contributed by atoms with Gasteiger partial charge in [-0.3, -0.25) is 9.48 Å². The Bertz CT molecular complexity index is 843. The Morgan fingerprint density at radius 2 is 1.81 bits per heavy atom. The van der Waals surface area contributed by atoms with E-state index in [1.807, 2.05) is 42.5 Å². The molecule has 1 atom stereocenters. The van der Waals surface area contributed by atoms with E-state index in [4.69, 9.17) is 0 Å². The molecule has 0 aliphatic heterocycles. The van der Waals surface area contributed by atoms with Gasteiger partial charge in [0.05, 0.1) is 11.6 Å². The number of aromatic nitrogens is 2. The number of benzene rings is 2. The zero-order chi connectivity index (χ0) is 14.8. The molecule has 3 aromatic rings. The summed E-state index contributed by atoms with van der Waals surface area (Å²) in [4.78, 5) is 12.7. The number of ketones is 1. The van der Waals surface area contributed by atoms with Gasteiger partial charge in [-0.05, 0) is 11.6 Å². The Hall–Kier alpha value is -2.93. The summed E-state index contributed by atoms with van der Waals surface area (Å²) in [5, 5.41) is 14.5. The minimum Gasteiger partial charge on any atom is -0.290 e. The first-order valence-electron chi connectivity index (χ1n) is 6.63. The van der Waals surface area contributed by atoms with E-state index in [0.717, 1.165) is 10.9 Å². The SMILES string of the molecule is Cn1nc(C(=O)C(C#N)c2ccccc2)c2ccccc21. The van der Waals surface area contributed by atoms with Crippen LogP contribution in [0.3, 0.4) is 0 Å². The van der Waals surface area contributed by atoms with Gasteiger partial charge in [-0.15, -0.1) is 0 Å². The molecule has 0 N–H and O–H groups in total. The summed E-state index contributed by atoms with van der Waals surface area (Å²) in [6, 6.07) is 18.7. The van der Waals surface area contributed by atoms with Crippen LogP contribution in [-0.2, 0) is 7.05 Å². The van der Waals surface area contributed by atoms with Crippen molar-refractivity contribution in [3.63, 3.8) is 0 Å². The van der Waals surface area contributed by atoms with E-state index in [0.29, 0.717) is 11.3 Å². The highest BCUT2D eigenvalue weighted by atomic mass is 16.1. The molecule has 0 fully saturated rings. The molecule has 2 aromatic carbocycles. The van der Waals surface area contributed by atoms with E-state index in [1.165, 1.54) is 0 Å². The first-order chi connectivity index (χ1) is 10.2. The van der Waals surface area contributed by atoms with E-state index < -0.39 is 5.92 Å². The number of hydrogen-bond donors (Lipinski definition) is 0. The Morgan fingerprint density at radius 1 is 1.14 bits per heavy atom. The minimum absolute atomic E-state index is 0.263. The topological polar surface area (TPSA) is 58.7 Å². The van der Waals surface area contributed by atoms with E-state index in [-0.39, 0.29) is 5.78 Å². The Morgan fingerprint density at radius 3 is 2.52 bits per heavy atom. The van der Waals surface area contributed by atoms with Crippen LogP contribution in [0.1, 0.15) is 22.0 Å². The average molecular weight is 275 g/mol. The number of hydrogen-bond acceptors (Lipinski definition) is 3. The van der Waals surface area contributed by atoms with Gasteiger partial charge in [0.15, 0.2) is 0 Å². The lowest BCUT2D eigenvalue weighted by atomic mass is 9.93. The van der Waals surface area contributed by atoms with Gasteiger partial charge in [0, 0.05) is 12.4 Å². The zero-order valence-electron chi connectivity index (χ0n) is 11.5. The van der Waals surface area contributed by atoms with Crippen LogP contribution in [0.2, 0.25) is 0 Å².